The Balaban J connectivity index is 1.51. The molecule has 1 aliphatic rings. The van der Waals surface area contributed by atoms with Crippen molar-refractivity contribution in [3.05, 3.63) is 96.7 Å². The van der Waals surface area contributed by atoms with Crippen LogP contribution in [0.1, 0.15) is 61.9 Å². The van der Waals surface area contributed by atoms with Crippen molar-refractivity contribution in [2.45, 2.75) is 51.6 Å². The van der Waals surface area contributed by atoms with E-state index in [1.165, 1.54) is 23.2 Å². The van der Waals surface area contributed by atoms with Crippen LogP contribution in [-0.2, 0) is 6.61 Å². The highest BCUT2D eigenvalue weighted by atomic mass is 79.9. The molecule has 9 heteroatoms. The summed E-state index contributed by atoms with van der Waals surface area (Å²) in [6.07, 6.45) is 7.04. The molecule has 1 saturated carbocycles. The zero-order valence-corrected chi connectivity index (χ0v) is 24.7. The van der Waals surface area contributed by atoms with Crippen molar-refractivity contribution in [1.29, 1.82) is 0 Å². The standard InChI is InChI=1S/C30H28Br2FN3O3/c1-2-38-27-14-21(25(32)16-28(27)39-18-19-7-6-10-23(33)13-19)17-34-36-29(20-8-4-3-5-9-20)35-26-12-11-22(31)15-24(26)30(36)37/h6-7,10-17,20H,2-5,8-9,18H2,1H3. The van der Waals surface area contributed by atoms with E-state index in [0.717, 1.165) is 30.2 Å². The Bertz CT molecular complexity index is 1580. The lowest BCUT2D eigenvalue weighted by Crippen LogP contribution is -2.25. The van der Waals surface area contributed by atoms with Crippen molar-refractivity contribution in [1.82, 2.24) is 9.66 Å². The molecular weight excluding hydrogens is 629 g/mol. The van der Waals surface area contributed by atoms with Crippen LogP contribution in [0.4, 0.5) is 4.39 Å². The van der Waals surface area contributed by atoms with Gasteiger partial charge in [0.1, 0.15) is 18.2 Å². The summed E-state index contributed by atoms with van der Waals surface area (Å²) < 4.78 is 28.4. The van der Waals surface area contributed by atoms with Crippen LogP contribution >= 0.6 is 31.9 Å². The van der Waals surface area contributed by atoms with Gasteiger partial charge in [-0.05, 0) is 83.7 Å². The Hall–Kier alpha value is -3.04. The molecule has 0 spiro atoms. The fraction of sp³-hybridized carbons (Fsp3) is 0.300. The van der Waals surface area contributed by atoms with Gasteiger partial charge in [-0.2, -0.15) is 9.78 Å². The molecule has 4 aromatic rings. The molecule has 1 aliphatic carbocycles. The first kappa shape index (κ1) is 27.5. The number of benzene rings is 3. The van der Waals surface area contributed by atoms with Gasteiger partial charge in [-0.3, -0.25) is 4.79 Å². The van der Waals surface area contributed by atoms with Crippen molar-refractivity contribution in [3.63, 3.8) is 0 Å². The Morgan fingerprint density at radius 1 is 1.05 bits per heavy atom. The van der Waals surface area contributed by atoms with E-state index in [1.54, 1.807) is 30.5 Å². The van der Waals surface area contributed by atoms with Gasteiger partial charge < -0.3 is 9.47 Å². The zero-order chi connectivity index (χ0) is 27.4. The van der Waals surface area contributed by atoms with Crippen LogP contribution in [0.15, 0.2) is 73.4 Å². The molecule has 1 heterocycles. The lowest BCUT2D eigenvalue weighted by atomic mass is 9.88. The third-order valence-corrected chi connectivity index (χ3v) is 7.94. The predicted octanol–water partition coefficient (Wildman–Crippen LogP) is 7.97. The summed E-state index contributed by atoms with van der Waals surface area (Å²) in [6, 6.07) is 15.5. The van der Waals surface area contributed by atoms with Gasteiger partial charge in [0.2, 0.25) is 0 Å². The minimum atomic E-state index is -0.313. The van der Waals surface area contributed by atoms with Crippen molar-refractivity contribution in [3.8, 4) is 11.5 Å². The molecule has 3 aromatic carbocycles. The molecule has 0 radical (unpaired) electrons. The van der Waals surface area contributed by atoms with Gasteiger partial charge in [-0.15, -0.1) is 0 Å². The Morgan fingerprint density at radius 2 is 1.85 bits per heavy atom. The number of hydrogen-bond acceptors (Lipinski definition) is 5. The van der Waals surface area contributed by atoms with Crippen LogP contribution in [0.5, 0.6) is 11.5 Å². The van der Waals surface area contributed by atoms with Crippen LogP contribution in [0, 0.1) is 5.82 Å². The second kappa shape index (κ2) is 12.4. The van der Waals surface area contributed by atoms with Crippen molar-refractivity contribution in [2.75, 3.05) is 6.61 Å². The first-order valence-electron chi connectivity index (χ1n) is 13.0. The highest BCUT2D eigenvalue weighted by Crippen LogP contribution is 2.35. The fourth-order valence-corrected chi connectivity index (χ4v) is 5.63. The average molecular weight is 657 g/mol. The van der Waals surface area contributed by atoms with Gasteiger partial charge in [-0.25, -0.2) is 9.37 Å². The fourth-order valence-electron chi connectivity index (χ4n) is 4.84. The number of fused-ring (bicyclic) bond motifs is 1. The van der Waals surface area contributed by atoms with Gasteiger partial charge in [0.15, 0.2) is 11.5 Å². The van der Waals surface area contributed by atoms with Gasteiger partial charge >= 0.3 is 0 Å². The zero-order valence-electron chi connectivity index (χ0n) is 21.5. The van der Waals surface area contributed by atoms with Crippen LogP contribution in [0.25, 0.3) is 10.9 Å². The van der Waals surface area contributed by atoms with E-state index >= 15 is 0 Å². The van der Waals surface area contributed by atoms with E-state index < -0.39 is 0 Å². The quantitative estimate of drug-likeness (QED) is 0.181. The average Bonchev–Trinajstić information content (AvgIpc) is 2.94. The first-order chi connectivity index (χ1) is 18.9. The minimum Gasteiger partial charge on any atom is -0.490 e. The molecule has 39 heavy (non-hydrogen) atoms. The van der Waals surface area contributed by atoms with E-state index in [4.69, 9.17) is 14.5 Å². The molecule has 0 unspecified atom stereocenters. The Labute approximate surface area is 243 Å². The molecule has 0 atom stereocenters. The third kappa shape index (κ3) is 6.41. The third-order valence-electron chi connectivity index (χ3n) is 6.76. The summed E-state index contributed by atoms with van der Waals surface area (Å²) in [7, 11) is 0. The first-order valence-corrected chi connectivity index (χ1v) is 14.6. The molecule has 1 fully saturated rings. The second-order valence-corrected chi connectivity index (χ2v) is 11.3. The number of hydrogen-bond donors (Lipinski definition) is 0. The van der Waals surface area contributed by atoms with Gasteiger partial charge in [-0.1, -0.05) is 47.3 Å². The van der Waals surface area contributed by atoms with Gasteiger partial charge in [0, 0.05) is 20.4 Å². The summed E-state index contributed by atoms with van der Waals surface area (Å²) in [6.45, 7) is 2.51. The van der Waals surface area contributed by atoms with Crippen LogP contribution in [0.2, 0.25) is 0 Å². The van der Waals surface area contributed by atoms with Crippen LogP contribution in [-0.4, -0.2) is 22.5 Å². The summed E-state index contributed by atoms with van der Waals surface area (Å²) in [4.78, 5) is 18.5. The molecule has 6 nitrogen and oxygen atoms in total. The van der Waals surface area contributed by atoms with Crippen LogP contribution in [0.3, 0.4) is 0 Å². The molecule has 202 valence electrons. The molecule has 0 bridgehead atoms. The second-order valence-electron chi connectivity index (χ2n) is 9.50. The summed E-state index contributed by atoms with van der Waals surface area (Å²) in [5.74, 6) is 1.60. The number of aromatic nitrogens is 2. The largest absolute Gasteiger partial charge is 0.490 e. The Kier molecular flexibility index (Phi) is 8.77. The molecule has 1 aromatic heterocycles. The number of halogens is 3. The monoisotopic (exact) mass is 655 g/mol. The maximum absolute atomic E-state index is 13.6. The van der Waals surface area contributed by atoms with E-state index in [-0.39, 0.29) is 23.9 Å². The molecule has 0 N–H and O–H groups in total. The van der Waals surface area contributed by atoms with E-state index in [2.05, 4.69) is 37.0 Å². The van der Waals surface area contributed by atoms with Gasteiger partial charge in [0.05, 0.1) is 23.7 Å². The van der Waals surface area contributed by atoms with Gasteiger partial charge in [0.25, 0.3) is 5.56 Å². The minimum absolute atomic E-state index is 0.178. The lowest BCUT2D eigenvalue weighted by Gasteiger charge is -2.22. The van der Waals surface area contributed by atoms with E-state index in [0.29, 0.717) is 50.4 Å². The SMILES string of the molecule is CCOc1cc(C=Nn2c(C3CCCCC3)nc3ccc(Br)cc3c2=O)c(Br)cc1OCc1cccc(F)c1. The number of rotatable bonds is 8. The number of ether oxygens (including phenoxy) is 2. The molecular formula is C30H28Br2FN3O3. The van der Waals surface area contributed by atoms with Crippen LogP contribution < -0.4 is 15.0 Å². The molecule has 0 aliphatic heterocycles. The van der Waals surface area contributed by atoms with Crippen molar-refractivity contribution < 1.29 is 13.9 Å². The molecule has 5 rings (SSSR count). The predicted molar refractivity (Wildman–Crippen MR) is 159 cm³/mol. The van der Waals surface area contributed by atoms with E-state index in [9.17, 15) is 9.18 Å². The summed E-state index contributed by atoms with van der Waals surface area (Å²) in [5.41, 5.74) is 1.90. The normalized spacial score (nSPS) is 14.3. The Morgan fingerprint density at radius 3 is 2.62 bits per heavy atom. The smallest absolute Gasteiger partial charge is 0.282 e. The summed E-state index contributed by atoms with van der Waals surface area (Å²) >= 11 is 7.08. The topological polar surface area (TPSA) is 65.7 Å². The van der Waals surface area contributed by atoms with E-state index in [1.807, 2.05) is 25.1 Å². The highest BCUT2D eigenvalue weighted by Gasteiger charge is 2.22. The van der Waals surface area contributed by atoms with Crippen molar-refractivity contribution >= 4 is 49.0 Å². The van der Waals surface area contributed by atoms with Crippen molar-refractivity contribution in [2.24, 2.45) is 5.10 Å². The maximum Gasteiger partial charge on any atom is 0.282 e. The summed E-state index contributed by atoms with van der Waals surface area (Å²) in [5, 5.41) is 5.17. The maximum atomic E-state index is 13.6. The highest BCUT2D eigenvalue weighted by molar-refractivity contribution is 9.10. The molecule has 0 saturated heterocycles. The number of nitrogens with zero attached hydrogens (tertiary/aromatic N) is 3. The molecule has 0 amide bonds. The lowest BCUT2D eigenvalue weighted by molar-refractivity contribution is 0.269.